The molecule has 1 saturated heterocycles. The van der Waals surface area contributed by atoms with Crippen LogP contribution in [-0.2, 0) is 14.8 Å². The smallest absolute Gasteiger partial charge is 0.243 e. The summed E-state index contributed by atoms with van der Waals surface area (Å²) in [6.07, 6.45) is -0.214. The number of aryl methyl sites for hydroxylation is 2. The summed E-state index contributed by atoms with van der Waals surface area (Å²) in [7, 11) is -3.45. The van der Waals surface area contributed by atoms with Gasteiger partial charge in [-0.05, 0) is 25.5 Å². The highest BCUT2D eigenvalue weighted by molar-refractivity contribution is 7.89. The second-order valence-electron chi connectivity index (χ2n) is 4.86. The third-order valence-corrected chi connectivity index (χ3v) is 5.34. The van der Waals surface area contributed by atoms with Gasteiger partial charge in [-0.25, -0.2) is 8.42 Å². The highest BCUT2D eigenvalue weighted by Gasteiger charge is 2.31. The van der Waals surface area contributed by atoms with E-state index in [0.717, 1.165) is 11.1 Å². The van der Waals surface area contributed by atoms with Crippen molar-refractivity contribution in [3.05, 3.63) is 29.3 Å². The average molecular weight is 284 g/mol. The van der Waals surface area contributed by atoms with Crippen LogP contribution in [0.2, 0.25) is 0 Å². The highest BCUT2D eigenvalue weighted by Crippen LogP contribution is 2.22. The Labute approximate surface area is 114 Å². The molecule has 1 aliphatic rings. The number of rotatable bonds is 3. The van der Waals surface area contributed by atoms with Crippen molar-refractivity contribution in [1.82, 2.24) is 4.31 Å². The largest absolute Gasteiger partial charge is 0.374 e. The van der Waals surface area contributed by atoms with E-state index >= 15 is 0 Å². The molecule has 1 aromatic rings. The molecular formula is C13H20N2O3S. The minimum atomic E-state index is -3.45. The number of hydrogen-bond donors (Lipinski definition) is 1. The second-order valence-corrected chi connectivity index (χ2v) is 6.77. The Morgan fingerprint density at radius 3 is 2.79 bits per heavy atom. The molecule has 1 atom stereocenters. The number of ether oxygens (including phenoxy) is 1. The van der Waals surface area contributed by atoms with Crippen molar-refractivity contribution in [3.8, 4) is 0 Å². The maximum Gasteiger partial charge on any atom is 0.243 e. The number of benzene rings is 1. The fourth-order valence-corrected chi connectivity index (χ4v) is 3.94. The first-order chi connectivity index (χ1) is 8.95. The fourth-order valence-electron chi connectivity index (χ4n) is 2.28. The van der Waals surface area contributed by atoms with Gasteiger partial charge in [0.1, 0.15) is 0 Å². The van der Waals surface area contributed by atoms with Gasteiger partial charge in [0.15, 0.2) is 0 Å². The van der Waals surface area contributed by atoms with Crippen molar-refractivity contribution < 1.29 is 13.2 Å². The lowest BCUT2D eigenvalue weighted by atomic mass is 10.2. The maximum atomic E-state index is 12.6. The number of nitrogens with zero attached hydrogens (tertiary/aromatic N) is 1. The van der Waals surface area contributed by atoms with Crippen molar-refractivity contribution in [1.29, 1.82) is 0 Å². The van der Waals surface area contributed by atoms with Crippen LogP contribution in [0.1, 0.15) is 11.1 Å². The van der Waals surface area contributed by atoms with E-state index in [1.807, 2.05) is 26.0 Å². The van der Waals surface area contributed by atoms with E-state index in [1.165, 1.54) is 4.31 Å². The lowest BCUT2D eigenvalue weighted by Gasteiger charge is -2.31. The van der Waals surface area contributed by atoms with Crippen molar-refractivity contribution >= 4 is 10.0 Å². The summed E-state index contributed by atoms with van der Waals surface area (Å²) in [5.41, 5.74) is 7.38. The van der Waals surface area contributed by atoms with Crippen molar-refractivity contribution in [3.63, 3.8) is 0 Å². The Morgan fingerprint density at radius 2 is 2.16 bits per heavy atom. The molecule has 0 saturated carbocycles. The number of hydrogen-bond acceptors (Lipinski definition) is 4. The van der Waals surface area contributed by atoms with Gasteiger partial charge in [-0.3, -0.25) is 0 Å². The normalized spacial score (nSPS) is 21.5. The van der Waals surface area contributed by atoms with Gasteiger partial charge in [-0.15, -0.1) is 0 Å². The predicted octanol–water partition coefficient (Wildman–Crippen LogP) is 0.652. The van der Waals surface area contributed by atoms with Crippen LogP contribution < -0.4 is 5.73 Å². The lowest BCUT2D eigenvalue weighted by molar-refractivity contribution is 0.00449. The lowest BCUT2D eigenvalue weighted by Crippen LogP contribution is -2.48. The van der Waals surface area contributed by atoms with Gasteiger partial charge in [0.2, 0.25) is 10.0 Å². The molecule has 0 radical (unpaired) electrons. The van der Waals surface area contributed by atoms with Crippen molar-refractivity contribution in [2.45, 2.75) is 24.8 Å². The summed E-state index contributed by atoms with van der Waals surface area (Å²) in [5, 5.41) is 0. The molecule has 0 spiro atoms. The Balaban J connectivity index is 2.31. The Hall–Kier alpha value is -0.950. The van der Waals surface area contributed by atoms with Crippen LogP contribution in [0, 0.1) is 13.8 Å². The zero-order valence-electron chi connectivity index (χ0n) is 11.3. The van der Waals surface area contributed by atoms with E-state index in [-0.39, 0.29) is 6.10 Å². The summed E-state index contributed by atoms with van der Waals surface area (Å²) in [5.74, 6) is 0. The van der Waals surface area contributed by atoms with Crippen LogP contribution in [0.5, 0.6) is 0 Å². The molecule has 0 aromatic heterocycles. The third kappa shape index (κ3) is 2.97. The first kappa shape index (κ1) is 14.5. The van der Waals surface area contributed by atoms with Gasteiger partial charge >= 0.3 is 0 Å². The van der Waals surface area contributed by atoms with E-state index in [1.54, 1.807) is 6.07 Å². The van der Waals surface area contributed by atoms with Crippen molar-refractivity contribution in [2.24, 2.45) is 5.73 Å². The van der Waals surface area contributed by atoms with E-state index in [9.17, 15) is 8.42 Å². The first-order valence-electron chi connectivity index (χ1n) is 6.34. The molecule has 106 valence electrons. The molecule has 0 unspecified atom stereocenters. The Bertz CT molecular complexity index is 557. The number of sulfonamides is 1. The summed E-state index contributed by atoms with van der Waals surface area (Å²) in [6, 6.07) is 5.38. The van der Waals surface area contributed by atoms with Crippen LogP contribution in [-0.4, -0.2) is 45.1 Å². The quantitative estimate of drug-likeness (QED) is 0.884. The monoisotopic (exact) mass is 284 g/mol. The molecule has 2 rings (SSSR count). The third-order valence-electron chi connectivity index (χ3n) is 3.31. The van der Waals surface area contributed by atoms with E-state index < -0.39 is 10.0 Å². The molecule has 5 nitrogen and oxygen atoms in total. The molecule has 19 heavy (non-hydrogen) atoms. The molecule has 0 amide bonds. The van der Waals surface area contributed by atoms with Crippen LogP contribution in [0.15, 0.2) is 23.1 Å². The zero-order valence-corrected chi connectivity index (χ0v) is 12.1. The van der Waals surface area contributed by atoms with Gasteiger partial charge in [0.05, 0.1) is 17.6 Å². The summed E-state index contributed by atoms with van der Waals surface area (Å²) in [4.78, 5) is 0.371. The summed E-state index contributed by atoms with van der Waals surface area (Å²) >= 11 is 0. The topological polar surface area (TPSA) is 72.6 Å². The second kappa shape index (κ2) is 5.58. The number of morpholine rings is 1. The molecule has 0 bridgehead atoms. The van der Waals surface area contributed by atoms with E-state index in [4.69, 9.17) is 10.5 Å². The maximum absolute atomic E-state index is 12.6. The highest BCUT2D eigenvalue weighted by atomic mass is 32.2. The standard InChI is InChI=1S/C13H20N2O3S/c1-10-3-4-13(11(2)7-10)19(16,17)15-5-6-18-12(8-14)9-15/h3-4,7,12H,5-6,8-9,14H2,1-2H3/t12-/m0/s1. The molecule has 1 aliphatic heterocycles. The van der Waals surface area contributed by atoms with Crippen LogP contribution in [0.3, 0.4) is 0 Å². The van der Waals surface area contributed by atoms with Gasteiger partial charge in [0.25, 0.3) is 0 Å². The van der Waals surface area contributed by atoms with Crippen molar-refractivity contribution in [2.75, 3.05) is 26.2 Å². The van der Waals surface area contributed by atoms with Crippen LogP contribution in [0.25, 0.3) is 0 Å². The van der Waals surface area contributed by atoms with Gasteiger partial charge < -0.3 is 10.5 Å². The molecule has 1 aromatic carbocycles. The number of nitrogens with two attached hydrogens (primary N) is 1. The summed E-state index contributed by atoms with van der Waals surface area (Å²) < 4.78 is 32.1. The molecule has 6 heteroatoms. The SMILES string of the molecule is Cc1ccc(S(=O)(=O)N2CCO[C@@H](CN)C2)c(C)c1. The fraction of sp³-hybridized carbons (Fsp3) is 0.538. The first-order valence-corrected chi connectivity index (χ1v) is 7.78. The van der Waals surface area contributed by atoms with Gasteiger partial charge in [-0.1, -0.05) is 17.7 Å². The van der Waals surface area contributed by atoms with E-state index in [2.05, 4.69) is 0 Å². The zero-order chi connectivity index (χ0) is 14.0. The minimum absolute atomic E-state index is 0.214. The minimum Gasteiger partial charge on any atom is -0.374 e. The molecule has 2 N–H and O–H groups in total. The average Bonchev–Trinajstić information content (AvgIpc) is 2.38. The molecule has 1 heterocycles. The predicted molar refractivity (Wildman–Crippen MR) is 73.5 cm³/mol. The molecular weight excluding hydrogens is 264 g/mol. The van der Waals surface area contributed by atoms with E-state index in [0.29, 0.717) is 31.1 Å². The Kier molecular flexibility index (Phi) is 4.25. The molecule has 1 fully saturated rings. The van der Waals surface area contributed by atoms with Crippen LogP contribution >= 0.6 is 0 Å². The Morgan fingerprint density at radius 1 is 1.42 bits per heavy atom. The van der Waals surface area contributed by atoms with Crippen LogP contribution in [0.4, 0.5) is 0 Å². The molecule has 0 aliphatic carbocycles. The van der Waals surface area contributed by atoms with Gasteiger partial charge in [-0.2, -0.15) is 4.31 Å². The summed E-state index contributed by atoms with van der Waals surface area (Å²) in [6.45, 7) is 5.20. The van der Waals surface area contributed by atoms with Gasteiger partial charge in [0, 0.05) is 19.6 Å².